The molecule has 2 atom stereocenters. The van der Waals surface area contributed by atoms with Crippen molar-refractivity contribution in [3.63, 3.8) is 0 Å². The summed E-state index contributed by atoms with van der Waals surface area (Å²) in [6.45, 7) is 0. The Balaban J connectivity index is 2.11. The summed E-state index contributed by atoms with van der Waals surface area (Å²) in [5, 5.41) is 3.96. The molecule has 18 heavy (non-hydrogen) atoms. The molecule has 1 aromatic carbocycles. The van der Waals surface area contributed by atoms with Gasteiger partial charge in [0, 0.05) is 12.0 Å². The van der Waals surface area contributed by atoms with Crippen LogP contribution in [0.1, 0.15) is 30.0 Å². The van der Waals surface area contributed by atoms with Gasteiger partial charge in [0.1, 0.15) is 0 Å². The standard InChI is InChI=1S/C11H7BrF3N3/c12-11-16-10-7(14)4-8(18(10)17-11)5-2-1-3-6(13)9(5)15/h1-3,7-8H,4H2. The third-order valence-electron chi connectivity index (χ3n) is 2.98. The van der Waals surface area contributed by atoms with Crippen molar-refractivity contribution in [1.29, 1.82) is 0 Å². The molecule has 2 unspecified atom stereocenters. The van der Waals surface area contributed by atoms with Crippen LogP contribution in [0.3, 0.4) is 0 Å². The number of nitrogens with zero attached hydrogens (tertiary/aromatic N) is 3. The minimum Gasteiger partial charge on any atom is -0.239 e. The van der Waals surface area contributed by atoms with Gasteiger partial charge in [0.15, 0.2) is 23.6 Å². The molecule has 0 saturated heterocycles. The van der Waals surface area contributed by atoms with Crippen LogP contribution < -0.4 is 0 Å². The Morgan fingerprint density at radius 2 is 2.11 bits per heavy atom. The molecule has 0 radical (unpaired) electrons. The third kappa shape index (κ3) is 1.65. The highest BCUT2D eigenvalue weighted by molar-refractivity contribution is 9.10. The van der Waals surface area contributed by atoms with Crippen molar-refractivity contribution in [2.75, 3.05) is 0 Å². The van der Waals surface area contributed by atoms with E-state index in [-0.39, 0.29) is 22.5 Å². The predicted molar refractivity (Wildman–Crippen MR) is 60.7 cm³/mol. The van der Waals surface area contributed by atoms with Crippen molar-refractivity contribution in [3.05, 3.63) is 46.0 Å². The highest BCUT2D eigenvalue weighted by atomic mass is 79.9. The lowest BCUT2D eigenvalue weighted by Crippen LogP contribution is -2.10. The summed E-state index contributed by atoms with van der Waals surface area (Å²) < 4.78 is 42.2. The van der Waals surface area contributed by atoms with Gasteiger partial charge in [-0.15, -0.1) is 5.10 Å². The van der Waals surface area contributed by atoms with Crippen LogP contribution in [0, 0.1) is 11.6 Å². The monoisotopic (exact) mass is 317 g/mol. The number of hydrogen-bond acceptors (Lipinski definition) is 2. The van der Waals surface area contributed by atoms with Crippen LogP contribution in [-0.4, -0.2) is 14.8 Å². The quantitative estimate of drug-likeness (QED) is 0.807. The second-order valence-corrected chi connectivity index (χ2v) is 4.75. The fraction of sp³-hybridized carbons (Fsp3) is 0.273. The van der Waals surface area contributed by atoms with Gasteiger partial charge >= 0.3 is 0 Å². The molecule has 7 heteroatoms. The number of hydrogen-bond donors (Lipinski definition) is 0. The number of benzene rings is 1. The molecular weight excluding hydrogens is 311 g/mol. The lowest BCUT2D eigenvalue weighted by Gasteiger charge is -2.12. The summed E-state index contributed by atoms with van der Waals surface area (Å²) in [7, 11) is 0. The first kappa shape index (κ1) is 11.7. The maximum Gasteiger partial charge on any atom is 0.217 e. The van der Waals surface area contributed by atoms with Crippen LogP contribution in [0.2, 0.25) is 0 Å². The summed E-state index contributed by atoms with van der Waals surface area (Å²) in [5.74, 6) is -1.78. The van der Waals surface area contributed by atoms with Gasteiger partial charge in [0.2, 0.25) is 4.73 Å². The fourth-order valence-corrected chi connectivity index (χ4v) is 2.54. The van der Waals surface area contributed by atoms with Gasteiger partial charge in [-0.2, -0.15) is 0 Å². The smallest absolute Gasteiger partial charge is 0.217 e. The molecule has 0 aliphatic carbocycles. The highest BCUT2D eigenvalue weighted by Crippen LogP contribution is 2.40. The molecule has 0 fully saturated rings. The first-order valence-electron chi connectivity index (χ1n) is 5.28. The predicted octanol–water partition coefficient (Wildman–Crippen LogP) is 3.32. The molecule has 1 aromatic heterocycles. The van der Waals surface area contributed by atoms with Gasteiger partial charge in [-0.25, -0.2) is 22.8 Å². The van der Waals surface area contributed by atoms with E-state index in [1.54, 1.807) is 0 Å². The summed E-state index contributed by atoms with van der Waals surface area (Å²) in [4.78, 5) is 3.88. The number of aromatic nitrogens is 3. The number of alkyl halides is 1. The Bertz CT molecular complexity index is 614. The lowest BCUT2D eigenvalue weighted by molar-refractivity contribution is 0.325. The maximum atomic E-state index is 13.7. The Kier molecular flexibility index (Phi) is 2.65. The van der Waals surface area contributed by atoms with E-state index < -0.39 is 23.8 Å². The average Bonchev–Trinajstić information content (AvgIpc) is 2.83. The van der Waals surface area contributed by atoms with E-state index >= 15 is 0 Å². The van der Waals surface area contributed by atoms with E-state index in [1.165, 1.54) is 16.8 Å². The molecule has 1 aliphatic rings. The van der Waals surface area contributed by atoms with E-state index in [4.69, 9.17) is 0 Å². The van der Waals surface area contributed by atoms with Gasteiger partial charge in [-0.05, 0) is 22.0 Å². The fourth-order valence-electron chi connectivity index (χ4n) is 2.19. The first-order chi connectivity index (χ1) is 8.58. The van der Waals surface area contributed by atoms with E-state index in [0.29, 0.717) is 0 Å². The molecule has 3 nitrogen and oxygen atoms in total. The Morgan fingerprint density at radius 1 is 1.33 bits per heavy atom. The van der Waals surface area contributed by atoms with Crippen LogP contribution >= 0.6 is 15.9 Å². The van der Waals surface area contributed by atoms with Crippen molar-refractivity contribution in [1.82, 2.24) is 14.8 Å². The molecule has 0 spiro atoms. The molecular formula is C11H7BrF3N3. The minimum absolute atomic E-state index is 0.0169. The second-order valence-electron chi connectivity index (χ2n) is 4.05. The van der Waals surface area contributed by atoms with Crippen LogP contribution in [0.5, 0.6) is 0 Å². The Labute approximate surface area is 109 Å². The topological polar surface area (TPSA) is 30.7 Å². The van der Waals surface area contributed by atoms with Gasteiger partial charge in [0.25, 0.3) is 0 Å². The van der Waals surface area contributed by atoms with Crippen molar-refractivity contribution >= 4 is 15.9 Å². The van der Waals surface area contributed by atoms with Crippen molar-refractivity contribution in [3.8, 4) is 0 Å². The molecule has 0 N–H and O–H groups in total. The first-order valence-corrected chi connectivity index (χ1v) is 6.07. The normalized spacial score (nSPS) is 22.2. The molecule has 2 aromatic rings. The number of rotatable bonds is 1. The van der Waals surface area contributed by atoms with Crippen LogP contribution in [-0.2, 0) is 0 Å². The Hall–Kier alpha value is -1.37. The van der Waals surface area contributed by atoms with Crippen molar-refractivity contribution < 1.29 is 13.2 Å². The van der Waals surface area contributed by atoms with Crippen LogP contribution in [0.4, 0.5) is 13.2 Å². The van der Waals surface area contributed by atoms with E-state index in [0.717, 1.165) is 6.07 Å². The van der Waals surface area contributed by atoms with Crippen LogP contribution in [0.25, 0.3) is 0 Å². The molecule has 94 valence electrons. The van der Waals surface area contributed by atoms with Gasteiger partial charge < -0.3 is 0 Å². The van der Waals surface area contributed by atoms with Gasteiger partial charge in [0.05, 0.1) is 6.04 Å². The average molecular weight is 318 g/mol. The largest absolute Gasteiger partial charge is 0.239 e. The summed E-state index contributed by atoms with van der Waals surface area (Å²) in [6.07, 6.45) is -1.31. The molecule has 3 rings (SSSR count). The molecule has 0 amide bonds. The van der Waals surface area contributed by atoms with Crippen molar-refractivity contribution in [2.24, 2.45) is 0 Å². The van der Waals surface area contributed by atoms with E-state index in [2.05, 4.69) is 26.0 Å². The van der Waals surface area contributed by atoms with Crippen molar-refractivity contribution in [2.45, 2.75) is 18.6 Å². The molecule has 1 aliphatic heterocycles. The maximum absolute atomic E-state index is 13.7. The Morgan fingerprint density at radius 3 is 2.89 bits per heavy atom. The molecule has 0 bridgehead atoms. The number of fused-ring (bicyclic) bond motifs is 1. The summed E-state index contributed by atoms with van der Waals surface area (Å²) in [5.41, 5.74) is 0.0915. The van der Waals surface area contributed by atoms with Gasteiger partial charge in [-0.1, -0.05) is 12.1 Å². The third-order valence-corrected chi connectivity index (χ3v) is 3.31. The second kappa shape index (κ2) is 4.08. The minimum atomic E-state index is -1.32. The zero-order valence-corrected chi connectivity index (χ0v) is 10.5. The molecule has 2 heterocycles. The van der Waals surface area contributed by atoms with Crippen LogP contribution in [0.15, 0.2) is 22.9 Å². The SMILES string of the molecule is Fc1cccc(C2CC(F)c3nc(Br)nn32)c1F. The summed E-state index contributed by atoms with van der Waals surface area (Å²) >= 11 is 3.04. The zero-order valence-electron chi connectivity index (χ0n) is 8.95. The zero-order chi connectivity index (χ0) is 12.9. The highest BCUT2D eigenvalue weighted by Gasteiger charge is 2.36. The van der Waals surface area contributed by atoms with E-state index in [9.17, 15) is 13.2 Å². The van der Waals surface area contributed by atoms with Gasteiger partial charge in [-0.3, -0.25) is 0 Å². The van der Waals surface area contributed by atoms with E-state index in [1.807, 2.05) is 0 Å². The summed E-state index contributed by atoms with van der Waals surface area (Å²) in [6, 6.07) is 3.19. The number of halogens is 4. The molecule has 0 saturated carbocycles. The lowest BCUT2D eigenvalue weighted by atomic mass is 10.0.